The van der Waals surface area contributed by atoms with E-state index in [0.717, 1.165) is 4.90 Å². The van der Waals surface area contributed by atoms with Gasteiger partial charge in [-0.15, -0.1) is 0 Å². The quantitative estimate of drug-likeness (QED) is 0.282. The fourth-order valence-corrected chi connectivity index (χ4v) is 3.55. The van der Waals surface area contributed by atoms with E-state index >= 15 is 0 Å². The summed E-state index contributed by atoms with van der Waals surface area (Å²) < 4.78 is 12.2. The van der Waals surface area contributed by atoms with Gasteiger partial charge >= 0.3 is 6.03 Å². The maximum absolute atomic E-state index is 13.2. The van der Waals surface area contributed by atoms with Crippen LogP contribution in [0.1, 0.15) is 5.69 Å². The number of hydrogen-bond donors (Lipinski definition) is 1. The molecule has 0 unspecified atom stereocenters. The fourth-order valence-electron chi connectivity index (χ4n) is 3.55. The Morgan fingerprint density at radius 1 is 0.970 bits per heavy atom. The number of fused-ring (bicyclic) bond motifs is 1. The van der Waals surface area contributed by atoms with Gasteiger partial charge in [-0.2, -0.15) is 0 Å². The summed E-state index contributed by atoms with van der Waals surface area (Å²) in [5.74, 6) is -0.781. The van der Waals surface area contributed by atoms with Crippen LogP contribution in [0.5, 0.6) is 11.5 Å². The number of anilines is 1. The van der Waals surface area contributed by atoms with E-state index in [4.69, 9.17) is 9.47 Å². The molecule has 0 bridgehead atoms. The Hall–Kier alpha value is -4.93. The number of hydrogen-bond acceptors (Lipinski definition) is 7. The molecule has 1 saturated heterocycles. The second kappa shape index (κ2) is 7.64. The van der Waals surface area contributed by atoms with Crippen LogP contribution in [0, 0.1) is 10.1 Å². The van der Waals surface area contributed by atoms with Crippen LogP contribution in [0.2, 0.25) is 0 Å². The Morgan fingerprint density at radius 3 is 2.45 bits per heavy atom. The van der Waals surface area contributed by atoms with E-state index in [-0.39, 0.29) is 23.7 Å². The van der Waals surface area contributed by atoms with Gasteiger partial charge in [-0.25, -0.2) is 9.69 Å². The second-order valence-corrected chi connectivity index (χ2v) is 7.07. The molecule has 0 spiro atoms. The highest BCUT2D eigenvalue weighted by molar-refractivity contribution is 6.39. The molecule has 2 aliphatic heterocycles. The van der Waals surface area contributed by atoms with Crippen molar-refractivity contribution in [1.82, 2.24) is 9.88 Å². The standard InChI is InChI=1S/C22H14N4O7/c27-20-17(10-15-2-1-9-24(15)13-3-5-14(6-4-13)26(30)31)21(28)25(22(29)23-20)16-7-8-18-19(11-16)33-12-32-18/h1-11H,12H2,(H,23,27,29)/b17-10+. The fraction of sp³-hybridized carbons (Fsp3) is 0.0455. The van der Waals surface area contributed by atoms with Crippen molar-refractivity contribution in [3.8, 4) is 17.2 Å². The van der Waals surface area contributed by atoms with E-state index in [1.807, 2.05) is 0 Å². The molecule has 164 valence electrons. The molecule has 2 aliphatic rings. The third kappa shape index (κ3) is 3.47. The monoisotopic (exact) mass is 446 g/mol. The molecule has 3 heterocycles. The number of nitrogens with zero attached hydrogens (tertiary/aromatic N) is 3. The number of rotatable bonds is 4. The second-order valence-electron chi connectivity index (χ2n) is 7.07. The van der Waals surface area contributed by atoms with Crippen molar-refractivity contribution >= 4 is 35.3 Å². The molecule has 4 amide bonds. The van der Waals surface area contributed by atoms with Gasteiger partial charge in [0.25, 0.3) is 17.5 Å². The number of imide groups is 2. The van der Waals surface area contributed by atoms with Crippen LogP contribution in [-0.4, -0.2) is 34.1 Å². The molecule has 3 aromatic rings. The molecular weight excluding hydrogens is 432 g/mol. The minimum atomic E-state index is -0.883. The van der Waals surface area contributed by atoms with Gasteiger partial charge in [0.1, 0.15) is 5.57 Å². The molecule has 0 aliphatic carbocycles. The number of aromatic nitrogens is 1. The zero-order valence-corrected chi connectivity index (χ0v) is 16.8. The van der Waals surface area contributed by atoms with Crippen LogP contribution in [0.4, 0.5) is 16.2 Å². The lowest BCUT2D eigenvalue weighted by Gasteiger charge is -2.26. The molecule has 1 aromatic heterocycles. The Morgan fingerprint density at radius 2 is 1.70 bits per heavy atom. The van der Waals surface area contributed by atoms with E-state index in [0.29, 0.717) is 22.9 Å². The molecule has 0 atom stereocenters. The first-order valence-corrected chi connectivity index (χ1v) is 9.66. The van der Waals surface area contributed by atoms with Gasteiger partial charge < -0.3 is 14.0 Å². The summed E-state index contributed by atoms with van der Waals surface area (Å²) in [6, 6.07) is 12.8. The number of amides is 4. The number of non-ortho nitro benzene ring substituents is 1. The zero-order valence-electron chi connectivity index (χ0n) is 16.8. The minimum absolute atomic E-state index is 0.0300. The normalized spacial score (nSPS) is 16.3. The molecule has 11 heteroatoms. The van der Waals surface area contributed by atoms with E-state index < -0.39 is 22.8 Å². The van der Waals surface area contributed by atoms with Crippen LogP contribution in [0.3, 0.4) is 0 Å². The predicted octanol–water partition coefficient (Wildman–Crippen LogP) is 2.78. The molecule has 0 radical (unpaired) electrons. The number of nitro groups is 1. The average molecular weight is 446 g/mol. The topological polar surface area (TPSA) is 133 Å². The highest BCUT2D eigenvalue weighted by Crippen LogP contribution is 2.36. The Labute approximate surface area is 185 Å². The number of carbonyl (C=O) groups excluding carboxylic acids is 3. The summed E-state index contributed by atoms with van der Waals surface area (Å²) in [6.45, 7) is 0.0300. The van der Waals surface area contributed by atoms with Crippen LogP contribution in [0.25, 0.3) is 11.8 Å². The van der Waals surface area contributed by atoms with Crippen molar-refractivity contribution in [2.75, 3.05) is 11.7 Å². The van der Waals surface area contributed by atoms with Gasteiger partial charge in [0, 0.05) is 35.8 Å². The lowest BCUT2D eigenvalue weighted by atomic mass is 10.1. The summed E-state index contributed by atoms with van der Waals surface area (Å²) in [5.41, 5.74) is 0.942. The third-order valence-electron chi connectivity index (χ3n) is 5.13. The van der Waals surface area contributed by atoms with E-state index in [1.54, 1.807) is 41.1 Å². The van der Waals surface area contributed by atoms with Crippen LogP contribution >= 0.6 is 0 Å². The van der Waals surface area contributed by atoms with Crippen LogP contribution in [-0.2, 0) is 9.59 Å². The molecule has 0 saturated carbocycles. The Balaban J connectivity index is 1.50. The lowest BCUT2D eigenvalue weighted by Crippen LogP contribution is -2.54. The number of urea groups is 1. The number of nitrogens with one attached hydrogen (secondary N) is 1. The molecule has 33 heavy (non-hydrogen) atoms. The molecular formula is C22H14N4O7. The SMILES string of the molecule is O=C1NC(=O)N(c2ccc3c(c2)OCO3)C(=O)/C1=C/c1cccn1-c1ccc([N+](=O)[O-])cc1. The van der Waals surface area contributed by atoms with E-state index in [1.165, 1.54) is 30.3 Å². The van der Waals surface area contributed by atoms with Crippen LogP contribution in [0.15, 0.2) is 66.4 Å². The number of nitro benzene ring substituents is 1. The summed E-state index contributed by atoms with van der Waals surface area (Å²) in [7, 11) is 0. The zero-order chi connectivity index (χ0) is 23.1. The summed E-state index contributed by atoms with van der Waals surface area (Å²) in [6.07, 6.45) is 3.03. The van der Waals surface area contributed by atoms with Gasteiger partial charge in [0.2, 0.25) is 6.79 Å². The number of barbiturate groups is 1. The average Bonchev–Trinajstić information content (AvgIpc) is 3.45. The Kier molecular flexibility index (Phi) is 4.63. The first kappa shape index (κ1) is 20.0. The third-order valence-corrected chi connectivity index (χ3v) is 5.13. The van der Waals surface area contributed by atoms with Crippen LogP contribution < -0.4 is 19.7 Å². The maximum atomic E-state index is 13.2. The summed E-state index contributed by atoms with van der Waals surface area (Å²) in [5, 5.41) is 13.1. The van der Waals surface area contributed by atoms with Gasteiger partial charge in [0.05, 0.1) is 10.6 Å². The van der Waals surface area contributed by atoms with Crippen molar-refractivity contribution in [2.24, 2.45) is 0 Å². The molecule has 11 nitrogen and oxygen atoms in total. The number of carbonyl (C=O) groups is 3. The molecule has 2 aromatic carbocycles. The van der Waals surface area contributed by atoms with Crippen molar-refractivity contribution in [3.05, 3.63) is 82.2 Å². The van der Waals surface area contributed by atoms with E-state index in [9.17, 15) is 24.5 Å². The predicted molar refractivity (Wildman–Crippen MR) is 114 cm³/mol. The van der Waals surface area contributed by atoms with Gasteiger partial charge in [0.15, 0.2) is 11.5 Å². The van der Waals surface area contributed by atoms with Crippen molar-refractivity contribution in [2.45, 2.75) is 0 Å². The lowest BCUT2D eigenvalue weighted by molar-refractivity contribution is -0.384. The van der Waals surface area contributed by atoms with Gasteiger partial charge in [-0.3, -0.25) is 25.0 Å². The van der Waals surface area contributed by atoms with Gasteiger partial charge in [-0.1, -0.05) is 0 Å². The van der Waals surface area contributed by atoms with Crippen molar-refractivity contribution in [1.29, 1.82) is 0 Å². The first-order valence-electron chi connectivity index (χ1n) is 9.66. The maximum Gasteiger partial charge on any atom is 0.335 e. The Bertz CT molecular complexity index is 1360. The molecule has 1 fully saturated rings. The van der Waals surface area contributed by atoms with Crippen molar-refractivity contribution in [3.63, 3.8) is 0 Å². The minimum Gasteiger partial charge on any atom is -0.454 e. The number of benzene rings is 2. The van der Waals surface area contributed by atoms with Gasteiger partial charge in [-0.05, 0) is 42.5 Å². The smallest absolute Gasteiger partial charge is 0.335 e. The first-order chi connectivity index (χ1) is 15.9. The molecule has 5 rings (SSSR count). The highest BCUT2D eigenvalue weighted by atomic mass is 16.7. The highest BCUT2D eigenvalue weighted by Gasteiger charge is 2.37. The largest absolute Gasteiger partial charge is 0.454 e. The van der Waals surface area contributed by atoms with E-state index in [2.05, 4.69) is 5.32 Å². The van der Waals surface area contributed by atoms with Crippen molar-refractivity contribution < 1.29 is 28.8 Å². The summed E-state index contributed by atoms with van der Waals surface area (Å²) in [4.78, 5) is 49.3. The molecule has 1 N–H and O–H groups in total. The summed E-state index contributed by atoms with van der Waals surface area (Å²) >= 11 is 0. The number of ether oxygens (including phenoxy) is 2.